The Hall–Kier alpha value is -3.01. The summed E-state index contributed by atoms with van der Waals surface area (Å²) in [5.41, 5.74) is 2.06. The number of carbonyl (C=O) groups excluding carboxylic acids is 2. The number of aromatic nitrogens is 3. The molecule has 0 radical (unpaired) electrons. The maximum Gasteiger partial charge on any atom is 0.274 e. The normalized spacial score (nSPS) is 17.9. The Labute approximate surface area is 179 Å². The first kappa shape index (κ1) is 19.9. The van der Waals surface area contributed by atoms with E-state index in [1.54, 1.807) is 0 Å². The molecule has 4 heterocycles. The number of aromatic amines is 2. The van der Waals surface area contributed by atoms with Gasteiger partial charge in [0.05, 0.1) is 18.1 Å². The first-order valence-corrected chi connectivity index (χ1v) is 10.1. The molecule has 0 saturated carbocycles. The number of benzene rings is 1. The fourth-order valence-electron chi connectivity index (χ4n) is 4.13. The van der Waals surface area contributed by atoms with E-state index in [9.17, 15) is 22.8 Å². The highest BCUT2D eigenvalue weighted by Crippen LogP contribution is 2.31. The number of hydrogen-bond acceptors (Lipinski definition) is 3. The van der Waals surface area contributed by atoms with E-state index in [-0.39, 0.29) is 41.8 Å². The van der Waals surface area contributed by atoms with Gasteiger partial charge in [0.15, 0.2) is 5.69 Å². The minimum atomic E-state index is -2.90. The van der Waals surface area contributed by atoms with Gasteiger partial charge in [0.2, 0.25) is 0 Å². The second-order valence-corrected chi connectivity index (χ2v) is 8.22. The molecule has 2 amide bonds. The van der Waals surface area contributed by atoms with Crippen molar-refractivity contribution in [3.05, 3.63) is 51.7 Å². The molecule has 5 rings (SSSR count). The second kappa shape index (κ2) is 7.01. The summed E-state index contributed by atoms with van der Waals surface area (Å²) in [7, 11) is 0. The van der Waals surface area contributed by atoms with Gasteiger partial charge in [-0.05, 0) is 18.2 Å². The van der Waals surface area contributed by atoms with Crippen molar-refractivity contribution in [1.82, 2.24) is 25.0 Å². The lowest BCUT2D eigenvalue weighted by Gasteiger charge is -2.27. The van der Waals surface area contributed by atoms with E-state index in [1.807, 2.05) is 0 Å². The van der Waals surface area contributed by atoms with Crippen molar-refractivity contribution in [3.8, 4) is 0 Å². The number of fused-ring (bicyclic) bond motifs is 2. The molecule has 1 fully saturated rings. The number of carbonyl (C=O) groups is 2. The molecule has 0 atom stereocenters. The number of amides is 2. The van der Waals surface area contributed by atoms with Crippen molar-refractivity contribution < 1.29 is 22.8 Å². The zero-order chi connectivity index (χ0) is 21.9. The third kappa shape index (κ3) is 3.34. The molecule has 162 valence electrons. The molecule has 0 bridgehead atoms. The number of nitrogens with one attached hydrogen (secondary N) is 2. The number of H-pyrrole nitrogens is 2. The van der Waals surface area contributed by atoms with Crippen LogP contribution in [0.15, 0.2) is 18.2 Å². The van der Waals surface area contributed by atoms with E-state index in [4.69, 9.17) is 11.6 Å². The first-order chi connectivity index (χ1) is 14.7. The van der Waals surface area contributed by atoms with Gasteiger partial charge in [0.1, 0.15) is 11.5 Å². The van der Waals surface area contributed by atoms with Crippen LogP contribution in [0, 0.1) is 5.82 Å². The molecule has 31 heavy (non-hydrogen) atoms. The summed E-state index contributed by atoms with van der Waals surface area (Å²) in [4.78, 5) is 31.4. The van der Waals surface area contributed by atoms with Gasteiger partial charge in [-0.2, -0.15) is 5.10 Å². The topological polar surface area (TPSA) is 85.1 Å². The Morgan fingerprint density at radius 2 is 1.97 bits per heavy atom. The van der Waals surface area contributed by atoms with E-state index in [0.717, 1.165) is 4.90 Å². The van der Waals surface area contributed by atoms with Gasteiger partial charge in [-0.25, -0.2) is 13.2 Å². The van der Waals surface area contributed by atoms with Crippen LogP contribution in [0.2, 0.25) is 5.02 Å². The number of nitrogens with zero attached hydrogens (tertiary/aromatic N) is 3. The fraction of sp³-hybridized carbons (Fsp3) is 0.350. The highest BCUT2D eigenvalue weighted by atomic mass is 35.5. The summed E-state index contributed by atoms with van der Waals surface area (Å²) in [6.07, 6.45) is 0.0621. The maximum absolute atomic E-state index is 13.7. The van der Waals surface area contributed by atoms with Gasteiger partial charge in [0.25, 0.3) is 17.7 Å². The van der Waals surface area contributed by atoms with E-state index in [0.29, 0.717) is 35.1 Å². The van der Waals surface area contributed by atoms with Crippen LogP contribution >= 0.6 is 11.6 Å². The summed E-state index contributed by atoms with van der Waals surface area (Å²) in [6.45, 7) is -0.195. The summed E-state index contributed by atoms with van der Waals surface area (Å²) in [6, 6.07) is 4.21. The Balaban J connectivity index is 1.40. The minimum absolute atomic E-state index is 0.0392. The lowest BCUT2D eigenvalue weighted by Crippen LogP contribution is -2.37. The Morgan fingerprint density at radius 1 is 1.16 bits per heavy atom. The molecule has 2 aliphatic rings. The molecule has 1 aromatic carbocycles. The molecule has 2 N–H and O–H groups in total. The van der Waals surface area contributed by atoms with Crippen LogP contribution in [-0.4, -0.2) is 62.4 Å². The fourth-order valence-corrected chi connectivity index (χ4v) is 4.35. The van der Waals surface area contributed by atoms with Crippen molar-refractivity contribution >= 4 is 34.3 Å². The molecule has 0 aliphatic carbocycles. The van der Waals surface area contributed by atoms with Gasteiger partial charge in [0, 0.05) is 48.1 Å². The van der Waals surface area contributed by atoms with Gasteiger partial charge in [-0.3, -0.25) is 14.7 Å². The zero-order valence-electron chi connectivity index (χ0n) is 16.1. The molecular formula is C20H17ClF3N5O2. The van der Waals surface area contributed by atoms with Crippen molar-refractivity contribution in [3.63, 3.8) is 0 Å². The number of rotatable bonds is 2. The van der Waals surface area contributed by atoms with Crippen molar-refractivity contribution in [2.45, 2.75) is 25.3 Å². The van der Waals surface area contributed by atoms with Gasteiger partial charge < -0.3 is 14.8 Å². The smallest absolute Gasteiger partial charge is 0.274 e. The Morgan fingerprint density at radius 3 is 2.71 bits per heavy atom. The Bertz CT molecular complexity index is 1220. The molecule has 2 aromatic heterocycles. The molecular weight excluding hydrogens is 435 g/mol. The largest absolute Gasteiger partial charge is 0.350 e. The summed E-state index contributed by atoms with van der Waals surface area (Å²) in [5.74, 6) is -4.39. The van der Waals surface area contributed by atoms with E-state index in [2.05, 4.69) is 15.2 Å². The monoisotopic (exact) mass is 451 g/mol. The SMILES string of the molecule is O=C(c1cc2c(Cl)c(F)ccc2[nH]1)N1CCc2[nH]nc(C(=O)N3CCC(F)(F)C3)c2C1. The van der Waals surface area contributed by atoms with Crippen LogP contribution in [0.3, 0.4) is 0 Å². The van der Waals surface area contributed by atoms with Crippen LogP contribution in [-0.2, 0) is 13.0 Å². The predicted octanol–water partition coefficient (Wildman–Crippen LogP) is 3.36. The van der Waals surface area contributed by atoms with Crippen molar-refractivity contribution in [2.24, 2.45) is 0 Å². The van der Waals surface area contributed by atoms with Crippen molar-refractivity contribution in [2.75, 3.05) is 19.6 Å². The highest BCUT2D eigenvalue weighted by molar-refractivity contribution is 6.35. The quantitative estimate of drug-likeness (QED) is 0.626. The molecule has 3 aromatic rings. The van der Waals surface area contributed by atoms with Gasteiger partial charge in [-0.1, -0.05) is 11.6 Å². The highest BCUT2D eigenvalue weighted by Gasteiger charge is 2.42. The number of halogens is 4. The number of hydrogen-bond donors (Lipinski definition) is 2. The van der Waals surface area contributed by atoms with Gasteiger partial charge >= 0.3 is 0 Å². The molecule has 7 nitrogen and oxygen atoms in total. The van der Waals surface area contributed by atoms with Gasteiger partial charge in [-0.15, -0.1) is 0 Å². The molecule has 0 unspecified atom stereocenters. The molecule has 0 spiro atoms. The molecule has 1 saturated heterocycles. The summed E-state index contributed by atoms with van der Waals surface area (Å²) >= 11 is 5.99. The predicted molar refractivity (Wildman–Crippen MR) is 106 cm³/mol. The standard InChI is InChI=1S/C20H17ClF3N5O2/c21-16-10-7-15(25-13(10)2-1-12(16)22)18(30)28-5-3-14-11(8-28)17(27-26-14)19(31)29-6-4-20(23,24)9-29/h1-2,7,25H,3-6,8-9H2,(H,26,27). The van der Waals surface area contributed by atoms with Crippen molar-refractivity contribution in [1.29, 1.82) is 0 Å². The Kier molecular flexibility index (Phi) is 4.51. The zero-order valence-corrected chi connectivity index (χ0v) is 16.9. The van der Waals surface area contributed by atoms with E-state index in [1.165, 1.54) is 23.1 Å². The van der Waals surface area contributed by atoms with Crippen LogP contribution in [0.1, 0.15) is 38.7 Å². The van der Waals surface area contributed by atoms with E-state index >= 15 is 0 Å². The first-order valence-electron chi connectivity index (χ1n) is 9.73. The summed E-state index contributed by atoms with van der Waals surface area (Å²) < 4.78 is 40.7. The molecule has 2 aliphatic heterocycles. The summed E-state index contributed by atoms with van der Waals surface area (Å²) in [5, 5.41) is 7.17. The lowest BCUT2D eigenvalue weighted by atomic mass is 10.0. The average molecular weight is 452 g/mol. The number of likely N-dealkylation sites (tertiary alicyclic amines) is 1. The third-order valence-corrected chi connectivity index (χ3v) is 6.19. The molecule has 11 heteroatoms. The number of alkyl halides is 2. The van der Waals surface area contributed by atoms with Crippen LogP contribution < -0.4 is 0 Å². The second-order valence-electron chi connectivity index (χ2n) is 7.84. The average Bonchev–Trinajstić information content (AvgIpc) is 3.45. The maximum atomic E-state index is 13.7. The van der Waals surface area contributed by atoms with Crippen LogP contribution in [0.5, 0.6) is 0 Å². The lowest BCUT2D eigenvalue weighted by molar-refractivity contribution is 0.0119. The third-order valence-electron chi connectivity index (χ3n) is 5.80. The van der Waals surface area contributed by atoms with E-state index < -0.39 is 24.2 Å². The van der Waals surface area contributed by atoms with Crippen LogP contribution in [0.25, 0.3) is 10.9 Å². The minimum Gasteiger partial charge on any atom is -0.350 e. The van der Waals surface area contributed by atoms with Crippen LogP contribution in [0.4, 0.5) is 13.2 Å².